The van der Waals surface area contributed by atoms with Gasteiger partial charge < -0.3 is 5.32 Å². The molecule has 0 atom stereocenters. The van der Waals surface area contributed by atoms with Gasteiger partial charge in [0.2, 0.25) is 0 Å². The van der Waals surface area contributed by atoms with Crippen molar-refractivity contribution < 1.29 is 0 Å². The molecule has 1 aliphatic carbocycles. The Hall–Kier alpha value is -4.38. The van der Waals surface area contributed by atoms with E-state index in [-0.39, 0.29) is 0 Å². The maximum absolute atomic E-state index is 4.66. The zero-order valence-electron chi connectivity index (χ0n) is 19.8. The molecule has 0 saturated heterocycles. The summed E-state index contributed by atoms with van der Waals surface area (Å²) in [6, 6.07) is 13.1. The maximum Gasteiger partial charge on any atom is 0.0966 e. The first-order valence-electron chi connectivity index (χ1n) is 11.8. The molecule has 0 unspecified atom stereocenters. The number of benzene rings is 2. The molecule has 1 N–H and O–H groups in total. The van der Waals surface area contributed by atoms with Crippen LogP contribution >= 0.6 is 0 Å². The summed E-state index contributed by atoms with van der Waals surface area (Å²) >= 11 is 0. The normalized spacial score (nSPS) is 15.4. The summed E-state index contributed by atoms with van der Waals surface area (Å²) in [5.74, 6) is 0. The van der Waals surface area contributed by atoms with Crippen molar-refractivity contribution in [2.75, 3.05) is 5.32 Å². The standard InChI is InChI=1S/C30H25N5/c1-3-25-11-24(18-35-25)23-10-20(15-31-17-23)16-34-26-13-28(30-29(14-26)32-8-9-33-30)22-7-6-21-5-4-19(2)27(21)12-22/h3-4,6-15,17-18,34H,5,16H2,1-2H3/b25-3-. The van der Waals surface area contributed by atoms with E-state index < -0.39 is 0 Å². The van der Waals surface area contributed by atoms with Gasteiger partial charge in [-0.05, 0) is 78.4 Å². The van der Waals surface area contributed by atoms with E-state index in [0.29, 0.717) is 6.54 Å². The molecule has 0 amide bonds. The number of aliphatic imine (C=N–C) groups is 1. The van der Waals surface area contributed by atoms with Gasteiger partial charge in [0.25, 0.3) is 0 Å². The molecule has 5 nitrogen and oxygen atoms in total. The Balaban J connectivity index is 1.32. The van der Waals surface area contributed by atoms with Crippen LogP contribution in [0.5, 0.6) is 0 Å². The van der Waals surface area contributed by atoms with Crippen molar-refractivity contribution in [2.45, 2.75) is 26.8 Å². The van der Waals surface area contributed by atoms with E-state index in [1.54, 1.807) is 12.4 Å². The fraction of sp³-hybridized carbons (Fsp3) is 0.133. The summed E-state index contributed by atoms with van der Waals surface area (Å²) in [5, 5.41) is 3.58. The van der Waals surface area contributed by atoms with Gasteiger partial charge in [-0.2, -0.15) is 0 Å². The lowest BCUT2D eigenvalue weighted by molar-refractivity contribution is 1.11. The van der Waals surface area contributed by atoms with E-state index in [9.17, 15) is 0 Å². The highest BCUT2D eigenvalue weighted by molar-refractivity contribution is 6.13. The van der Waals surface area contributed by atoms with Crippen LogP contribution in [0, 0.1) is 0 Å². The van der Waals surface area contributed by atoms with E-state index in [2.05, 4.69) is 80.7 Å². The molecule has 2 aliphatic rings. The summed E-state index contributed by atoms with van der Waals surface area (Å²) in [4.78, 5) is 18.1. The number of allylic oxidation sites excluding steroid dienone is 5. The fourth-order valence-corrected chi connectivity index (χ4v) is 4.70. The first kappa shape index (κ1) is 21.2. The van der Waals surface area contributed by atoms with Gasteiger partial charge >= 0.3 is 0 Å². The number of fused-ring (bicyclic) bond motifs is 2. The summed E-state index contributed by atoms with van der Waals surface area (Å²) in [6.07, 6.45) is 16.6. The molecule has 2 aromatic heterocycles. The maximum atomic E-state index is 4.66. The van der Waals surface area contributed by atoms with Crippen molar-refractivity contribution in [1.82, 2.24) is 15.0 Å². The van der Waals surface area contributed by atoms with Crippen LogP contribution in [0.2, 0.25) is 0 Å². The monoisotopic (exact) mass is 455 g/mol. The second-order valence-corrected chi connectivity index (χ2v) is 8.92. The van der Waals surface area contributed by atoms with Crippen LogP contribution in [0.1, 0.15) is 36.1 Å². The minimum absolute atomic E-state index is 0.652. The van der Waals surface area contributed by atoms with Gasteiger partial charge in [0.05, 0.1) is 16.7 Å². The van der Waals surface area contributed by atoms with E-state index in [4.69, 9.17) is 0 Å². The zero-order chi connectivity index (χ0) is 23.8. The SMILES string of the molecule is C/C=C1/C=C(c2cncc(CNc3cc(-c4ccc5c(c4)C(C)=CC5)c4nccnc4c3)c2)C=N1. The van der Waals surface area contributed by atoms with Crippen molar-refractivity contribution in [1.29, 1.82) is 0 Å². The van der Waals surface area contributed by atoms with Gasteiger partial charge in [0.1, 0.15) is 0 Å². The number of hydrogen-bond donors (Lipinski definition) is 1. The van der Waals surface area contributed by atoms with Crippen molar-refractivity contribution in [3.63, 3.8) is 0 Å². The van der Waals surface area contributed by atoms with Crippen LogP contribution < -0.4 is 5.32 Å². The van der Waals surface area contributed by atoms with Crippen LogP contribution in [-0.2, 0) is 13.0 Å². The second kappa shape index (κ2) is 8.76. The number of rotatable bonds is 5. The molecule has 0 saturated carbocycles. The van der Waals surface area contributed by atoms with E-state index in [1.165, 1.54) is 16.7 Å². The van der Waals surface area contributed by atoms with E-state index >= 15 is 0 Å². The highest BCUT2D eigenvalue weighted by Crippen LogP contribution is 2.35. The third kappa shape index (κ3) is 4.06. The van der Waals surface area contributed by atoms with Gasteiger partial charge in [0.15, 0.2) is 0 Å². The minimum Gasteiger partial charge on any atom is -0.381 e. The first-order chi connectivity index (χ1) is 17.2. The molecule has 0 fully saturated rings. The molecule has 0 bridgehead atoms. The molecule has 0 spiro atoms. The summed E-state index contributed by atoms with van der Waals surface area (Å²) < 4.78 is 0. The predicted molar refractivity (Wildman–Crippen MR) is 144 cm³/mol. The van der Waals surface area contributed by atoms with Gasteiger partial charge in [-0.3, -0.25) is 19.9 Å². The van der Waals surface area contributed by atoms with Gasteiger partial charge in [-0.25, -0.2) is 0 Å². The summed E-state index contributed by atoms with van der Waals surface area (Å²) in [6.45, 7) is 4.83. The van der Waals surface area contributed by atoms with Crippen molar-refractivity contribution in [3.05, 3.63) is 107 Å². The molecule has 35 heavy (non-hydrogen) atoms. The van der Waals surface area contributed by atoms with E-state index in [1.807, 2.05) is 31.6 Å². The van der Waals surface area contributed by atoms with Gasteiger partial charge in [-0.1, -0.05) is 24.3 Å². The average molecular weight is 456 g/mol. The highest BCUT2D eigenvalue weighted by atomic mass is 14.9. The average Bonchev–Trinajstić information content (AvgIpc) is 3.54. The number of aromatic nitrogens is 3. The highest BCUT2D eigenvalue weighted by Gasteiger charge is 2.15. The number of pyridine rings is 1. The minimum atomic E-state index is 0.652. The van der Waals surface area contributed by atoms with Crippen molar-refractivity contribution in [2.24, 2.45) is 4.99 Å². The molecule has 5 heteroatoms. The smallest absolute Gasteiger partial charge is 0.0966 e. The van der Waals surface area contributed by atoms with E-state index in [0.717, 1.165) is 56.7 Å². The van der Waals surface area contributed by atoms with Crippen molar-refractivity contribution >= 4 is 34.1 Å². The lowest BCUT2D eigenvalue weighted by Gasteiger charge is -2.13. The molecule has 2 aromatic carbocycles. The molecule has 4 aromatic rings. The quantitative estimate of drug-likeness (QED) is 0.367. The van der Waals surface area contributed by atoms with Crippen LogP contribution in [0.4, 0.5) is 5.69 Å². The Morgan fingerprint density at radius 2 is 1.89 bits per heavy atom. The lowest BCUT2D eigenvalue weighted by Crippen LogP contribution is -2.02. The first-order valence-corrected chi connectivity index (χ1v) is 11.8. The number of hydrogen-bond acceptors (Lipinski definition) is 5. The molecule has 0 radical (unpaired) electrons. The molecule has 6 rings (SSSR count). The Morgan fingerprint density at radius 1 is 0.971 bits per heavy atom. The fourth-order valence-electron chi connectivity index (χ4n) is 4.70. The van der Waals surface area contributed by atoms with Crippen LogP contribution in [0.25, 0.3) is 33.3 Å². The zero-order valence-corrected chi connectivity index (χ0v) is 19.8. The Morgan fingerprint density at radius 3 is 2.77 bits per heavy atom. The largest absolute Gasteiger partial charge is 0.381 e. The Labute approximate surface area is 204 Å². The number of nitrogens with one attached hydrogen (secondary N) is 1. The molecule has 3 heterocycles. The Bertz CT molecular complexity index is 1590. The topological polar surface area (TPSA) is 63.1 Å². The van der Waals surface area contributed by atoms with Crippen LogP contribution in [0.15, 0.2) is 90.1 Å². The summed E-state index contributed by atoms with van der Waals surface area (Å²) in [7, 11) is 0. The molecule has 1 aliphatic heterocycles. The molecule has 170 valence electrons. The number of anilines is 1. The third-order valence-electron chi connectivity index (χ3n) is 6.62. The van der Waals surface area contributed by atoms with Crippen LogP contribution in [-0.4, -0.2) is 21.2 Å². The van der Waals surface area contributed by atoms with Crippen LogP contribution in [0.3, 0.4) is 0 Å². The van der Waals surface area contributed by atoms with Gasteiger partial charge in [0, 0.05) is 59.9 Å². The molecular formula is C30H25N5. The number of nitrogens with zero attached hydrogens (tertiary/aromatic N) is 4. The predicted octanol–water partition coefficient (Wildman–Crippen LogP) is 6.63. The second-order valence-electron chi connectivity index (χ2n) is 8.92. The summed E-state index contributed by atoms with van der Waals surface area (Å²) in [5.41, 5.74) is 13.3. The Kier molecular flexibility index (Phi) is 5.30. The molecular weight excluding hydrogens is 430 g/mol. The third-order valence-corrected chi connectivity index (χ3v) is 6.62. The lowest BCUT2D eigenvalue weighted by atomic mass is 9.97. The van der Waals surface area contributed by atoms with Gasteiger partial charge in [-0.15, -0.1) is 0 Å². The van der Waals surface area contributed by atoms with Crippen molar-refractivity contribution in [3.8, 4) is 11.1 Å².